The van der Waals surface area contributed by atoms with Gasteiger partial charge in [-0.25, -0.2) is 4.79 Å². The maximum absolute atomic E-state index is 12.2. The van der Waals surface area contributed by atoms with Crippen molar-refractivity contribution in [3.05, 3.63) is 29.8 Å². The van der Waals surface area contributed by atoms with Crippen molar-refractivity contribution in [2.75, 3.05) is 31.5 Å². The lowest BCUT2D eigenvalue weighted by Crippen LogP contribution is -2.53. The van der Waals surface area contributed by atoms with E-state index in [4.69, 9.17) is 5.11 Å². The number of aliphatic carboxylic acids is 1. The van der Waals surface area contributed by atoms with Crippen LogP contribution in [0.1, 0.15) is 12.5 Å². The van der Waals surface area contributed by atoms with Gasteiger partial charge in [0.05, 0.1) is 0 Å². The maximum atomic E-state index is 12.2. The summed E-state index contributed by atoms with van der Waals surface area (Å²) in [6.45, 7) is 4.81. The third-order valence-electron chi connectivity index (χ3n) is 3.92. The number of carbonyl (C=O) groups excluding carboxylic acids is 2. The van der Waals surface area contributed by atoms with Crippen LogP contribution < -0.4 is 5.32 Å². The molecule has 0 aromatic heterocycles. The van der Waals surface area contributed by atoms with Crippen molar-refractivity contribution >= 4 is 23.6 Å². The van der Waals surface area contributed by atoms with Gasteiger partial charge < -0.3 is 20.2 Å². The Bertz CT molecular complexity index is 592. The quantitative estimate of drug-likeness (QED) is 0.824. The third-order valence-corrected chi connectivity index (χ3v) is 3.92. The minimum atomic E-state index is -1.13. The van der Waals surface area contributed by atoms with Crippen molar-refractivity contribution in [3.8, 4) is 0 Å². The fraction of sp³-hybridized carbons (Fsp3) is 0.438. The molecule has 1 aromatic rings. The van der Waals surface area contributed by atoms with Crippen molar-refractivity contribution in [1.29, 1.82) is 0 Å². The summed E-state index contributed by atoms with van der Waals surface area (Å²) in [5, 5.41) is 11.7. The van der Waals surface area contributed by atoms with E-state index in [1.807, 2.05) is 31.2 Å². The second-order valence-corrected chi connectivity index (χ2v) is 5.67. The first-order valence-electron chi connectivity index (χ1n) is 7.52. The van der Waals surface area contributed by atoms with Gasteiger partial charge in [0, 0.05) is 31.9 Å². The first kappa shape index (κ1) is 16.8. The summed E-state index contributed by atoms with van der Waals surface area (Å²) in [5.74, 6) is -2.59. The molecule has 2 N–H and O–H groups in total. The van der Waals surface area contributed by atoms with E-state index in [1.54, 1.807) is 4.90 Å². The number of nitrogens with one attached hydrogen (secondary N) is 1. The summed E-state index contributed by atoms with van der Waals surface area (Å²) in [4.78, 5) is 38.1. The zero-order chi connectivity index (χ0) is 17.0. The number of rotatable bonds is 3. The number of carboxylic acids is 1. The Balaban J connectivity index is 1.86. The average Bonchev–Trinajstić information content (AvgIpc) is 2.55. The number of amides is 3. The topological polar surface area (TPSA) is 90.0 Å². The highest BCUT2D eigenvalue weighted by atomic mass is 16.4. The highest BCUT2D eigenvalue weighted by Crippen LogP contribution is 2.12. The van der Waals surface area contributed by atoms with Gasteiger partial charge in [0.25, 0.3) is 0 Å². The standard InChI is InChI=1S/C16H21N3O4/c1-11-3-5-13(6-4-11)17-16(23)19-9-7-18(8-10-19)14(20)12(2)15(21)22/h3-6,12H,7-10H2,1-2H3,(H,17,23)(H,21,22). The summed E-state index contributed by atoms with van der Waals surface area (Å²) < 4.78 is 0. The predicted molar refractivity (Wildman–Crippen MR) is 85.2 cm³/mol. The zero-order valence-corrected chi connectivity index (χ0v) is 13.3. The van der Waals surface area contributed by atoms with E-state index in [-0.39, 0.29) is 6.03 Å². The molecule has 0 bridgehead atoms. The number of hydrogen-bond donors (Lipinski definition) is 2. The van der Waals surface area contributed by atoms with Gasteiger partial charge in [0.1, 0.15) is 5.92 Å². The Morgan fingerprint density at radius 1 is 1.04 bits per heavy atom. The fourth-order valence-electron chi connectivity index (χ4n) is 2.35. The van der Waals surface area contributed by atoms with Gasteiger partial charge in [0.2, 0.25) is 5.91 Å². The van der Waals surface area contributed by atoms with Crippen LogP contribution in [0.4, 0.5) is 10.5 Å². The van der Waals surface area contributed by atoms with Gasteiger partial charge in [-0.05, 0) is 26.0 Å². The number of piperazine rings is 1. The molecule has 0 saturated carbocycles. The Morgan fingerprint density at radius 3 is 2.09 bits per heavy atom. The van der Waals surface area contributed by atoms with Crippen LogP contribution in [0.5, 0.6) is 0 Å². The van der Waals surface area contributed by atoms with E-state index in [0.29, 0.717) is 26.2 Å². The third kappa shape index (κ3) is 4.21. The number of carboxylic acid groups (broad SMARTS) is 1. The molecule has 124 valence electrons. The molecular weight excluding hydrogens is 298 g/mol. The second kappa shape index (κ2) is 7.13. The number of hydrogen-bond acceptors (Lipinski definition) is 3. The number of carbonyl (C=O) groups is 3. The lowest BCUT2D eigenvalue weighted by molar-refractivity contribution is -0.150. The molecule has 0 aliphatic carbocycles. The Kier molecular flexibility index (Phi) is 5.20. The minimum absolute atomic E-state index is 0.216. The molecule has 7 heteroatoms. The van der Waals surface area contributed by atoms with Crippen LogP contribution >= 0.6 is 0 Å². The molecule has 1 aliphatic rings. The highest BCUT2D eigenvalue weighted by Gasteiger charge is 2.29. The SMILES string of the molecule is Cc1ccc(NC(=O)N2CCN(C(=O)C(C)C(=O)O)CC2)cc1. The van der Waals surface area contributed by atoms with Crippen LogP contribution in [0.15, 0.2) is 24.3 Å². The maximum Gasteiger partial charge on any atom is 0.321 e. The second-order valence-electron chi connectivity index (χ2n) is 5.67. The van der Waals surface area contributed by atoms with Gasteiger partial charge in [-0.15, -0.1) is 0 Å². The van der Waals surface area contributed by atoms with Crippen molar-refractivity contribution < 1.29 is 19.5 Å². The normalized spacial score (nSPS) is 15.9. The highest BCUT2D eigenvalue weighted by molar-refractivity contribution is 5.96. The lowest BCUT2D eigenvalue weighted by atomic mass is 10.1. The van der Waals surface area contributed by atoms with Crippen LogP contribution in [0.2, 0.25) is 0 Å². The molecule has 0 spiro atoms. The molecule has 1 heterocycles. The Morgan fingerprint density at radius 2 is 1.57 bits per heavy atom. The van der Waals surface area contributed by atoms with Crippen molar-refractivity contribution in [2.45, 2.75) is 13.8 Å². The average molecular weight is 319 g/mol. The first-order chi connectivity index (χ1) is 10.9. The monoisotopic (exact) mass is 319 g/mol. The number of aryl methyl sites for hydroxylation is 1. The van der Waals surface area contributed by atoms with Crippen molar-refractivity contribution in [2.24, 2.45) is 5.92 Å². The summed E-state index contributed by atoms with van der Waals surface area (Å²) in [6, 6.07) is 7.29. The molecule has 7 nitrogen and oxygen atoms in total. The predicted octanol–water partition coefficient (Wildman–Crippen LogP) is 1.39. The Hall–Kier alpha value is -2.57. The van der Waals surface area contributed by atoms with Gasteiger partial charge >= 0.3 is 12.0 Å². The van der Waals surface area contributed by atoms with E-state index in [1.165, 1.54) is 11.8 Å². The van der Waals surface area contributed by atoms with E-state index < -0.39 is 17.8 Å². The molecule has 1 atom stereocenters. The molecule has 3 amide bonds. The van der Waals surface area contributed by atoms with Crippen molar-refractivity contribution in [3.63, 3.8) is 0 Å². The number of benzene rings is 1. The van der Waals surface area contributed by atoms with E-state index in [2.05, 4.69) is 5.32 Å². The van der Waals surface area contributed by atoms with Crippen LogP contribution in [0, 0.1) is 12.8 Å². The molecule has 1 aliphatic heterocycles. The van der Waals surface area contributed by atoms with Gasteiger partial charge in [-0.3, -0.25) is 9.59 Å². The fourth-order valence-corrected chi connectivity index (χ4v) is 2.35. The first-order valence-corrected chi connectivity index (χ1v) is 7.52. The number of nitrogens with zero attached hydrogens (tertiary/aromatic N) is 2. The van der Waals surface area contributed by atoms with Crippen LogP contribution in [-0.2, 0) is 9.59 Å². The van der Waals surface area contributed by atoms with Gasteiger partial charge in [-0.1, -0.05) is 17.7 Å². The minimum Gasteiger partial charge on any atom is -0.481 e. The van der Waals surface area contributed by atoms with Gasteiger partial charge in [0.15, 0.2) is 0 Å². The summed E-state index contributed by atoms with van der Waals surface area (Å²) in [6.07, 6.45) is 0. The van der Waals surface area contributed by atoms with Crippen LogP contribution in [0.3, 0.4) is 0 Å². The molecule has 23 heavy (non-hydrogen) atoms. The molecule has 0 radical (unpaired) electrons. The molecular formula is C16H21N3O4. The largest absolute Gasteiger partial charge is 0.481 e. The number of urea groups is 1. The lowest BCUT2D eigenvalue weighted by Gasteiger charge is -2.35. The number of anilines is 1. The summed E-state index contributed by atoms with van der Waals surface area (Å²) in [7, 11) is 0. The molecule has 1 aromatic carbocycles. The molecule has 1 saturated heterocycles. The van der Waals surface area contributed by atoms with E-state index >= 15 is 0 Å². The van der Waals surface area contributed by atoms with Crippen LogP contribution in [-0.4, -0.2) is 59.0 Å². The molecule has 1 unspecified atom stereocenters. The van der Waals surface area contributed by atoms with E-state index in [0.717, 1.165) is 11.3 Å². The molecule has 2 rings (SSSR count). The summed E-state index contributed by atoms with van der Waals surface area (Å²) >= 11 is 0. The van der Waals surface area contributed by atoms with Crippen molar-refractivity contribution in [1.82, 2.24) is 9.80 Å². The van der Waals surface area contributed by atoms with Gasteiger partial charge in [-0.2, -0.15) is 0 Å². The molecule has 1 fully saturated rings. The van der Waals surface area contributed by atoms with E-state index in [9.17, 15) is 14.4 Å². The Labute approximate surface area is 134 Å². The zero-order valence-electron chi connectivity index (χ0n) is 13.3. The smallest absolute Gasteiger partial charge is 0.321 e. The summed E-state index contributed by atoms with van der Waals surface area (Å²) in [5.41, 5.74) is 1.83. The van der Waals surface area contributed by atoms with Crippen LogP contribution in [0.25, 0.3) is 0 Å².